The molecule has 0 spiro atoms. The van der Waals surface area contributed by atoms with Crippen molar-refractivity contribution in [2.24, 2.45) is 0 Å². The maximum Gasteiger partial charge on any atom is 0.225 e. The van der Waals surface area contributed by atoms with Crippen LogP contribution in [0.1, 0.15) is 5.56 Å². The smallest absolute Gasteiger partial charge is 0.225 e. The highest BCUT2D eigenvalue weighted by Gasteiger charge is 2.12. The van der Waals surface area contributed by atoms with Crippen molar-refractivity contribution in [3.63, 3.8) is 0 Å². The van der Waals surface area contributed by atoms with Gasteiger partial charge in [0.15, 0.2) is 0 Å². The third-order valence-electron chi connectivity index (χ3n) is 2.41. The van der Waals surface area contributed by atoms with Gasteiger partial charge >= 0.3 is 0 Å². The van der Waals surface area contributed by atoms with Crippen LogP contribution >= 0.6 is 0 Å². The lowest BCUT2D eigenvalue weighted by atomic mass is 10.3. The number of piperazine rings is 1. The van der Waals surface area contributed by atoms with E-state index in [1.807, 2.05) is 0 Å². The summed E-state index contributed by atoms with van der Waals surface area (Å²) in [4.78, 5) is 20.9. The monoisotopic (exact) mass is 206 g/mol. The molecule has 80 valence electrons. The summed E-state index contributed by atoms with van der Waals surface area (Å²) >= 11 is 0. The number of hydrogen-bond acceptors (Lipinski definition) is 5. The summed E-state index contributed by atoms with van der Waals surface area (Å²) in [5, 5.41) is 3.27. The number of nitrogens with one attached hydrogen (secondary N) is 1. The number of carbonyl (C=O) groups is 1. The zero-order valence-corrected chi connectivity index (χ0v) is 8.52. The van der Waals surface area contributed by atoms with Crippen molar-refractivity contribution in [3.05, 3.63) is 18.0 Å². The molecule has 1 N–H and O–H groups in total. The van der Waals surface area contributed by atoms with Gasteiger partial charge in [-0.15, -0.1) is 0 Å². The fraction of sp³-hybridized carbons (Fsp3) is 0.500. The van der Waals surface area contributed by atoms with Gasteiger partial charge in [-0.05, 0) is 5.56 Å². The molecule has 1 aliphatic rings. The Kier molecular flexibility index (Phi) is 3.24. The topological polar surface area (TPSA) is 58.1 Å². The third kappa shape index (κ3) is 2.50. The first kappa shape index (κ1) is 10.0. The standard InChI is InChI=1S/C10H14N4O/c15-6-1-9-7-12-10(13-8-9)14-4-2-11-3-5-14/h6-8,11H,1-5H2. The largest absolute Gasteiger partial charge is 0.338 e. The van der Waals surface area contributed by atoms with E-state index in [1.165, 1.54) is 0 Å². The van der Waals surface area contributed by atoms with Crippen LogP contribution in [0.2, 0.25) is 0 Å². The molecule has 0 aliphatic carbocycles. The van der Waals surface area contributed by atoms with Crippen LogP contribution in [0.5, 0.6) is 0 Å². The lowest BCUT2D eigenvalue weighted by Gasteiger charge is -2.27. The second kappa shape index (κ2) is 4.84. The minimum Gasteiger partial charge on any atom is -0.338 e. The van der Waals surface area contributed by atoms with Crippen molar-refractivity contribution in [1.29, 1.82) is 0 Å². The third-order valence-corrected chi connectivity index (χ3v) is 2.41. The molecule has 0 unspecified atom stereocenters. The number of anilines is 1. The van der Waals surface area contributed by atoms with Gasteiger partial charge in [-0.3, -0.25) is 0 Å². The highest BCUT2D eigenvalue weighted by Crippen LogP contribution is 2.07. The maximum atomic E-state index is 10.3. The summed E-state index contributed by atoms with van der Waals surface area (Å²) in [6.07, 6.45) is 4.70. The van der Waals surface area contributed by atoms with Crippen LogP contribution in [0.4, 0.5) is 5.95 Å². The van der Waals surface area contributed by atoms with E-state index in [0.717, 1.165) is 44.0 Å². The molecule has 1 aliphatic heterocycles. The van der Waals surface area contributed by atoms with E-state index in [2.05, 4.69) is 20.2 Å². The van der Waals surface area contributed by atoms with Gasteiger partial charge in [-0.1, -0.05) is 0 Å². The van der Waals surface area contributed by atoms with Crippen molar-refractivity contribution in [3.8, 4) is 0 Å². The average molecular weight is 206 g/mol. The molecule has 1 aromatic rings. The van der Waals surface area contributed by atoms with E-state index in [-0.39, 0.29) is 0 Å². The lowest BCUT2D eigenvalue weighted by molar-refractivity contribution is -0.107. The first-order valence-electron chi connectivity index (χ1n) is 5.10. The van der Waals surface area contributed by atoms with E-state index in [1.54, 1.807) is 12.4 Å². The number of carbonyl (C=O) groups excluding carboxylic acids is 1. The van der Waals surface area contributed by atoms with Gasteiger partial charge in [0.1, 0.15) is 6.29 Å². The summed E-state index contributed by atoms with van der Waals surface area (Å²) in [7, 11) is 0. The molecule has 1 aromatic heterocycles. The Bertz CT molecular complexity index is 319. The molecule has 2 rings (SSSR count). The zero-order valence-electron chi connectivity index (χ0n) is 8.52. The molecule has 1 saturated heterocycles. The molecule has 0 bridgehead atoms. The maximum absolute atomic E-state index is 10.3. The predicted molar refractivity (Wildman–Crippen MR) is 56.9 cm³/mol. The minimum absolute atomic E-state index is 0.391. The number of aromatic nitrogens is 2. The molecule has 5 heteroatoms. The van der Waals surface area contributed by atoms with E-state index in [4.69, 9.17) is 0 Å². The molecule has 2 heterocycles. The highest BCUT2D eigenvalue weighted by molar-refractivity contribution is 5.54. The first-order chi connectivity index (χ1) is 7.40. The van der Waals surface area contributed by atoms with E-state index in [0.29, 0.717) is 6.42 Å². The molecule has 0 saturated carbocycles. The van der Waals surface area contributed by atoms with Gasteiger partial charge < -0.3 is 15.0 Å². The molecule has 5 nitrogen and oxygen atoms in total. The molecule has 0 aromatic carbocycles. The molecular formula is C10H14N4O. The second-order valence-electron chi connectivity index (χ2n) is 3.50. The SMILES string of the molecule is O=CCc1cnc(N2CCNCC2)nc1. The quantitative estimate of drug-likeness (QED) is 0.684. The summed E-state index contributed by atoms with van der Waals surface area (Å²) in [6, 6.07) is 0. The zero-order chi connectivity index (χ0) is 10.5. The second-order valence-corrected chi connectivity index (χ2v) is 3.50. The molecule has 0 amide bonds. The number of rotatable bonds is 3. The lowest BCUT2D eigenvalue weighted by Crippen LogP contribution is -2.44. The van der Waals surface area contributed by atoms with Gasteiger partial charge in [0.25, 0.3) is 0 Å². The summed E-state index contributed by atoms with van der Waals surface area (Å²) in [5.74, 6) is 0.756. The Morgan fingerprint density at radius 2 is 2.00 bits per heavy atom. The Morgan fingerprint density at radius 1 is 1.33 bits per heavy atom. The van der Waals surface area contributed by atoms with Crippen molar-refractivity contribution < 1.29 is 4.79 Å². The van der Waals surface area contributed by atoms with Crippen LogP contribution in [-0.2, 0) is 11.2 Å². The van der Waals surface area contributed by atoms with Crippen LogP contribution in [0, 0.1) is 0 Å². The Hall–Kier alpha value is -1.49. The minimum atomic E-state index is 0.391. The number of hydrogen-bond donors (Lipinski definition) is 1. The van der Waals surface area contributed by atoms with Crippen molar-refractivity contribution >= 4 is 12.2 Å². The Morgan fingerprint density at radius 3 is 2.60 bits per heavy atom. The normalized spacial score (nSPS) is 16.4. The van der Waals surface area contributed by atoms with Gasteiger partial charge in [0, 0.05) is 45.0 Å². The molecule has 0 radical (unpaired) electrons. The van der Waals surface area contributed by atoms with Gasteiger partial charge in [-0.2, -0.15) is 0 Å². The summed E-state index contributed by atoms with van der Waals surface area (Å²) in [6.45, 7) is 3.82. The molecular weight excluding hydrogens is 192 g/mol. The fourth-order valence-electron chi connectivity index (χ4n) is 1.58. The average Bonchev–Trinajstić information content (AvgIpc) is 2.32. The van der Waals surface area contributed by atoms with Crippen LogP contribution < -0.4 is 10.2 Å². The fourth-order valence-corrected chi connectivity index (χ4v) is 1.58. The number of aldehydes is 1. The van der Waals surface area contributed by atoms with E-state index in [9.17, 15) is 4.79 Å². The van der Waals surface area contributed by atoms with Gasteiger partial charge in [-0.25, -0.2) is 9.97 Å². The summed E-state index contributed by atoms with van der Waals surface area (Å²) in [5.41, 5.74) is 0.865. The van der Waals surface area contributed by atoms with E-state index < -0.39 is 0 Å². The predicted octanol–water partition coefficient (Wildman–Crippen LogP) is -0.372. The van der Waals surface area contributed by atoms with Crippen LogP contribution in [0.15, 0.2) is 12.4 Å². The van der Waals surface area contributed by atoms with Crippen molar-refractivity contribution in [2.45, 2.75) is 6.42 Å². The Balaban J connectivity index is 2.04. The Labute approximate surface area is 88.5 Å². The van der Waals surface area contributed by atoms with Crippen LogP contribution in [0.3, 0.4) is 0 Å². The number of nitrogens with zero attached hydrogens (tertiary/aromatic N) is 3. The van der Waals surface area contributed by atoms with Crippen molar-refractivity contribution in [2.75, 3.05) is 31.1 Å². The molecule has 15 heavy (non-hydrogen) atoms. The highest BCUT2D eigenvalue weighted by atomic mass is 16.1. The van der Waals surface area contributed by atoms with E-state index >= 15 is 0 Å². The first-order valence-corrected chi connectivity index (χ1v) is 5.10. The van der Waals surface area contributed by atoms with Crippen LogP contribution in [-0.4, -0.2) is 42.4 Å². The van der Waals surface area contributed by atoms with Crippen LogP contribution in [0.25, 0.3) is 0 Å². The molecule has 1 fully saturated rings. The summed E-state index contributed by atoms with van der Waals surface area (Å²) < 4.78 is 0. The van der Waals surface area contributed by atoms with Crippen molar-refractivity contribution in [1.82, 2.24) is 15.3 Å². The van der Waals surface area contributed by atoms with Gasteiger partial charge in [0.05, 0.1) is 0 Å². The van der Waals surface area contributed by atoms with Gasteiger partial charge in [0.2, 0.25) is 5.95 Å². The molecule has 0 atom stereocenters.